The molecule has 6 heteroatoms. The maximum atomic E-state index is 12.3. The first-order valence-electron chi connectivity index (χ1n) is 9.49. The van der Waals surface area contributed by atoms with Crippen LogP contribution in [0, 0.1) is 0 Å². The van der Waals surface area contributed by atoms with Gasteiger partial charge in [-0.25, -0.2) is 4.79 Å². The van der Waals surface area contributed by atoms with Crippen LogP contribution in [-0.2, 0) is 16.1 Å². The lowest BCUT2D eigenvalue weighted by Crippen LogP contribution is -2.20. The smallest absolute Gasteiger partial charge is 0.340 e. The highest BCUT2D eigenvalue weighted by molar-refractivity contribution is 6.05. The molecule has 1 heterocycles. The molecule has 0 saturated heterocycles. The Morgan fingerprint density at radius 2 is 1.60 bits per heavy atom. The zero-order chi connectivity index (χ0) is 20.8. The Kier molecular flexibility index (Phi) is 5.75. The molecule has 150 valence electrons. The molecule has 0 aliphatic rings. The minimum Gasteiger partial charge on any atom is -0.489 e. The van der Waals surface area contributed by atoms with Crippen molar-refractivity contribution in [3.63, 3.8) is 0 Å². The molecule has 1 amide bonds. The van der Waals surface area contributed by atoms with E-state index in [9.17, 15) is 9.59 Å². The number of benzene rings is 3. The molecule has 2 N–H and O–H groups in total. The molecule has 4 rings (SSSR count). The fourth-order valence-electron chi connectivity index (χ4n) is 3.02. The molecule has 4 aromatic rings. The summed E-state index contributed by atoms with van der Waals surface area (Å²) in [7, 11) is 0. The Balaban J connectivity index is 1.27. The highest BCUT2D eigenvalue weighted by Crippen LogP contribution is 2.19. The van der Waals surface area contributed by atoms with Crippen molar-refractivity contribution in [3.8, 4) is 5.75 Å². The van der Waals surface area contributed by atoms with Gasteiger partial charge in [-0.3, -0.25) is 4.79 Å². The number of fused-ring (bicyclic) bond motifs is 1. The van der Waals surface area contributed by atoms with Gasteiger partial charge in [0.15, 0.2) is 6.61 Å². The molecule has 0 atom stereocenters. The van der Waals surface area contributed by atoms with Gasteiger partial charge in [0.1, 0.15) is 12.4 Å². The minimum atomic E-state index is -0.549. The molecule has 1 aromatic heterocycles. The van der Waals surface area contributed by atoms with Crippen molar-refractivity contribution in [2.24, 2.45) is 0 Å². The maximum absolute atomic E-state index is 12.3. The highest BCUT2D eigenvalue weighted by Gasteiger charge is 2.14. The normalized spacial score (nSPS) is 10.5. The third-order valence-electron chi connectivity index (χ3n) is 4.53. The average molecular weight is 400 g/mol. The standard InChI is InChI=1S/C24H20N2O4/c27-23(16-30-24(28)21-14-25-22-9-5-4-8-20(21)22)26-18-10-12-19(13-11-18)29-15-17-6-2-1-3-7-17/h1-14,25H,15-16H2,(H,26,27). The number of H-pyrrole nitrogens is 1. The van der Waals surface area contributed by atoms with Gasteiger partial charge < -0.3 is 19.8 Å². The zero-order valence-electron chi connectivity index (χ0n) is 16.1. The number of ether oxygens (including phenoxy) is 2. The summed E-state index contributed by atoms with van der Waals surface area (Å²) < 4.78 is 10.9. The van der Waals surface area contributed by atoms with E-state index >= 15 is 0 Å². The molecule has 0 unspecified atom stereocenters. The van der Waals surface area contributed by atoms with Crippen LogP contribution < -0.4 is 10.1 Å². The number of rotatable bonds is 7. The van der Waals surface area contributed by atoms with Crippen molar-refractivity contribution in [3.05, 3.63) is 96.2 Å². The Morgan fingerprint density at radius 1 is 0.867 bits per heavy atom. The Bertz CT molecular complexity index is 1150. The molecule has 0 spiro atoms. The number of hydrogen-bond donors (Lipinski definition) is 2. The number of carbonyl (C=O) groups is 2. The number of aromatic nitrogens is 1. The molecule has 6 nitrogen and oxygen atoms in total. The van der Waals surface area contributed by atoms with E-state index in [1.165, 1.54) is 0 Å². The third kappa shape index (κ3) is 4.67. The second kappa shape index (κ2) is 8.96. The fourth-order valence-corrected chi connectivity index (χ4v) is 3.02. The Hall–Kier alpha value is -4.06. The summed E-state index contributed by atoms with van der Waals surface area (Å²) in [6, 6.07) is 24.3. The molecule has 0 bridgehead atoms. The largest absolute Gasteiger partial charge is 0.489 e. The molecule has 3 aromatic carbocycles. The van der Waals surface area contributed by atoms with Crippen LogP contribution in [0.1, 0.15) is 15.9 Å². The van der Waals surface area contributed by atoms with Gasteiger partial charge in [0.25, 0.3) is 5.91 Å². The van der Waals surface area contributed by atoms with E-state index in [0.717, 1.165) is 16.5 Å². The van der Waals surface area contributed by atoms with E-state index in [1.54, 1.807) is 30.5 Å². The lowest BCUT2D eigenvalue weighted by atomic mass is 10.2. The number of nitrogens with one attached hydrogen (secondary N) is 2. The summed E-state index contributed by atoms with van der Waals surface area (Å²) in [6.07, 6.45) is 1.58. The van der Waals surface area contributed by atoms with Gasteiger partial charge in [0.2, 0.25) is 0 Å². The molecular weight excluding hydrogens is 380 g/mol. The Morgan fingerprint density at radius 3 is 2.40 bits per heavy atom. The Labute approximate surface area is 173 Å². The average Bonchev–Trinajstić information content (AvgIpc) is 3.22. The number of aromatic amines is 1. The minimum absolute atomic E-state index is 0.370. The summed E-state index contributed by atoms with van der Waals surface area (Å²) in [5, 5.41) is 3.46. The van der Waals surface area contributed by atoms with Gasteiger partial charge in [-0.05, 0) is 35.9 Å². The quantitative estimate of drug-likeness (QED) is 0.446. The predicted molar refractivity (Wildman–Crippen MR) is 114 cm³/mol. The van der Waals surface area contributed by atoms with E-state index in [-0.39, 0.29) is 6.61 Å². The SMILES string of the molecule is O=C(COC(=O)c1c[nH]c2ccccc12)Nc1ccc(OCc2ccccc2)cc1. The van der Waals surface area contributed by atoms with Crippen molar-refractivity contribution in [1.82, 2.24) is 4.98 Å². The highest BCUT2D eigenvalue weighted by atomic mass is 16.5. The molecule has 0 fully saturated rings. The zero-order valence-corrected chi connectivity index (χ0v) is 16.1. The van der Waals surface area contributed by atoms with Crippen molar-refractivity contribution < 1.29 is 19.1 Å². The van der Waals surface area contributed by atoms with Crippen LogP contribution in [0.15, 0.2) is 85.1 Å². The van der Waals surface area contributed by atoms with Crippen molar-refractivity contribution >= 4 is 28.5 Å². The maximum Gasteiger partial charge on any atom is 0.340 e. The van der Waals surface area contributed by atoms with Crippen LogP contribution in [0.3, 0.4) is 0 Å². The number of anilines is 1. The summed E-state index contributed by atoms with van der Waals surface area (Å²) >= 11 is 0. The first-order chi connectivity index (χ1) is 14.7. The number of para-hydroxylation sites is 1. The van der Waals surface area contributed by atoms with E-state index in [2.05, 4.69) is 10.3 Å². The lowest BCUT2D eigenvalue weighted by Gasteiger charge is -2.09. The third-order valence-corrected chi connectivity index (χ3v) is 4.53. The van der Waals surface area contributed by atoms with Crippen LogP contribution in [0.4, 0.5) is 5.69 Å². The monoisotopic (exact) mass is 400 g/mol. The molecule has 0 aliphatic heterocycles. The van der Waals surface area contributed by atoms with Crippen LogP contribution in [0.2, 0.25) is 0 Å². The van der Waals surface area contributed by atoms with Crippen molar-refractivity contribution in [2.45, 2.75) is 6.61 Å². The molecule has 0 radical (unpaired) electrons. The molecule has 30 heavy (non-hydrogen) atoms. The predicted octanol–water partition coefficient (Wildman–Crippen LogP) is 4.54. The number of hydrogen-bond acceptors (Lipinski definition) is 4. The van der Waals surface area contributed by atoms with Gasteiger partial charge in [-0.2, -0.15) is 0 Å². The summed E-state index contributed by atoms with van der Waals surface area (Å²) in [4.78, 5) is 27.4. The van der Waals surface area contributed by atoms with Gasteiger partial charge in [-0.15, -0.1) is 0 Å². The number of esters is 1. The van der Waals surface area contributed by atoms with Crippen molar-refractivity contribution in [2.75, 3.05) is 11.9 Å². The van der Waals surface area contributed by atoms with Crippen LogP contribution >= 0.6 is 0 Å². The lowest BCUT2D eigenvalue weighted by molar-refractivity contribution is -0.119. The molecular formula is C24H20N2O4. The van der Waals surface area contributed by atoms with Crippen LogP contribution in [-0.4, -0.2) is 23.5 Å². The molecule has 0 aliphatic carbocycles. The van der Waals surface area contributed by atoms with E-state index in [0.29, 0.717) is 23.6 Å². The fraction of sp³-hybridized carbons (Fsp3) is 0.0833. The topological polar surface area (TPSA) is 80.4 Å². The van der Waals surface area contributed by atoms with Gasteiger partial charge in [0, 0.05) is 22.8 Å². The van der Waals surface area contributed by atoms with E-state index < -0.39 is 11.9 Å². The number of amides is 1. The van der Waals surface area contributed by atoms with E-state index in [4.69, 9.17) is 9.47 Å². The first-order valence-corrected chi connectivity index (χ1v) is 9.49. The second-order valence-corrected chi connectivity index (χ2v) is 6.67. The van der Waals surface area contributed by atoms with Gasteiger partial charge in [-0.1, -0.05) is 48.5 Å². The first kappa shape index (κ1) is 19.3. The molecule has 0 saturated carbocycles. The van der Waals surface area contributed by atoms with Gasteiger partial charge >= 0.3 is 5.97 Å². The van der Waals surface area contributed by atoms with Crippen LogP contribution in [0.25, 0.3) is 10.9 Å². The number of carbonyl (C=O) groups excluding carboxylic acids is 2. The summed E-state index contributed by atoms with van der Waals surface area (Å²) in [6.45, 7) is 0.0981. The second-order valence-electron chi connectivity index (χ2n) is 6.67. The van der Waals surface area contributed by atoms with Gasteiger partial charge in [0.05, 0.1) is 5.56 Å². The van der Waals surface area contributed by atoms with E-state index in [1.807, 2.05) is 54.6 Å². The van der Waals surface area contributed by atoms with Crippen molar-refractivity contribution in [1.29, 1.82) is 0 Å². The summed E-state index contributed by atoms with van der Waals surface area (Å²) in [5.41, 5.74) is 2.91. The van der Waals surface area contributed by atoms with Crippen LogP contribution in [0.5, 0.6) is 5.75 Å². The summed E-state index contributed by atoms with van der Waals surface area (Å²) in [5.74, 6) is -0.268.